The predicted molar refractivity (Wildman–Crippen MR) is 108 cm³/mol. The Morgan fingerprint density at radius 2 is 2.10 bits per heavy atom. The summed E-state index contributed by atoms with van der Waals surface area (Å²) in [5, 5.41) is 7.74. The van der Waals surface area contributed by atoms with Crippen molar-refractivity contribution >= 4 is 22.9 Å². The molecule has 0 bridgehead atoms. The van der Waals surface area contributed by atoms with Crippen LogP contribution in [0.3, 0.4) is 0 Å². The maximum Gasteiger partial charge on any atom is 0.339 e. The van der Waals surface area contributed by atoms with Gasteiger partial charge in [0.15, 0.2) is 18.0 Å². The fourth-order valence-electron chi connectivity index (χ4n) is 3.15. The topological polar surface area (TPSA) is 99.2 Å². The van der Waals surface area contributed by atoms with Crippen LogP contribution in [0.25, 0.3) is 22.5 Å². The zero-order valence-corrected chi connectivity index (χ0v) is 17.1. The highest BCUT2D eigenvalue weighted by Gasteiger charge is 2.21. The normalized spacial score (nSPS) is 12.3. The van der Waals surface area contributed by atoms with Crippen molar-refractivity contribution in [2.45, 2.75) is 52.6 Å². The van der Waals surface area contributed by atoms with Crippen LogP contribution in [0.1, 0.15) is 56.9 Å². The number of hydrogen-bond donors (Lipinski definition) is 1. The van der Waals surface area contributed by atoms with Crippen molar-refractivity contribution in [1.82, 2.24) is 20.1 Å². The number of aromatic nitrogens is 3. The van der Waals surface area contributed by atoms with E-state index in [0.717, 1.165) is 12.8 Å². The minimum atomic E-state index is -0.605. The molecule has 3 heterocycles. The molecule has 1 atom stereocenters. The van der Waals surface area contributed by atoms with E-state index in [-0.39, 0.29) is 24.6 Å². The molecule has 0 saturated carbocycles. The van der Waals surface area contributed by atoms with Crippen LogP contribution in [0.15, 0.2) is 35.1 Å². The summed E-state index contributed by atoms with van der Waals surface area (Å²) >= 11 is 0. The van der Waals surface area contributed by atoms with E-state index in [9.17, 15) is 9.59 Å². The van der Waals surface area contributed by atoms with Crippen molar-refractivity contribution in [2.75, 3.05) is 6.61 Å². The number of furan rings is 1. The van der Waals surface area contributed by atoms with E-state index >= 15 is 0 Å². The summed E-state index contributed by atoms with van der Waals surface area (Å²) in [6, 6.07) is 5.21. The van der Waals surface area contributed by atoms with Gasteiger partial charge in [0.1, 0.15) is 5.69 Å². The van der Waals surface area contributed by atoms with Gasteiger partial charge < -0.3 is 14.5 Å². The molecule has 0 aliphatic rings. The predicted octanol–water partition coefficient (Wildman–Crippen LogP) is 3.73. The van der Waals surface area contributed by atoms with Crippen LogP contribution in [0.4, 0.5) is 0 Å². The molecule has 1 unspecified atom stereocenters. The maximum atomic E-state index is 12.8. The zero-order valence-electron chi connectivity index (χ0n) is 17.1. The number of amides is 1. The van der Waals surface area contributed by atoms with Gasteiger partial charge in [0.2, 0.25) is 0 Å². The largest absolute Gasteiger partial charge is 0.463 e. The van der Waals surface area contributed by atoms with Gasteiger partial charge in [0.25, 0.3) is 5.91 Å². The number of esters is 1. The molecule has 0 aliphatic heterocycles. The fourth-order valence-corrected chi connectivity index (χ4v) is 3.15. The van der Waals surface area contributed by atoms with Crippen molar-refractivity contribution in [3.05, 3.63) is 36.2 Å². The van der Waals surface area contributed by atoms with Crippen LogP contribution in [-0.2, 0) is 9.53 Å². The first-order valence-electron chi connectivity index (χ1n) is 9.79. The number of ether oxygens (including phenoxy) is 1. The molecule has 0 aliphatic carbocycles. The third-order valence-corrected chi connectivity index (χ3v) is 4.51. The molecule has 0 spiro atoms. The lowest BCUT2D eigenvalue weighted by molar-refractivity contribution is -0.124. The molecule has 0 saturated heterocycles. The van der Waals surface area contributed by atoms with E-state index < -0.39 is 5.97 Å². The minimum Gasteiger partial charge on any atom is -0.463 e. The highest BCUT2D eigenvalue weighted by molar-refractivity contribution is 6.04. The summed E-state index contributed by atoms with van der Waals surface area (Å²) in [6.45, 7) is 7.59. The van der Waals surface area contributed by atoms with Crippen molar-refractivity contribution in [2.24, 2.45) is 0 Å². The van der Waals surface area contributed by atoms with Crippen LogP contribution < -0.4 is 5.32 Å². The van der Waals surface area contributed by atoms with E-state index in [1.165, 1.54) is 0 Å². The second kappa shape index (κ2) is 8.89. The van der Waals surface area contributed by atoms with Gasteiger partial charge in [-0.05, 0) is 45.4 Å². The Kier molecular flexibility index (Phi) is 6.31. The third kappa shape index (κ3) is 4.64. The highest BCUT2D eigenvalue weighted by atomic mass is 16.5. The highest BCUT2D eigenvalue weighted by Crippen LogP contribution is 2.27. The number of hydrogen-bond acceptors (Lipinski definition) is 6. The zero-order chi connectivity index (χ0) is 21.0. The Bertz CT molecular complexity index is 992. The average Bonchev–Trinajstić information content (AvgIpc) is 3.35. The number of carbonyl (C=O) groups excluding carboxylic acids is 2. The molecule has 3 aromatic rings. The molecular weight excluding hydrogens is 372 g/mol. The number of nitrogens with zero attached hydrogens (tertiary/aromatic N) is 3. The molecule has 8 heteroatoms. The Balaban J connectivity index is 1.87. The van der Waals surface area contributed by atoms with Crippen LogP contribution >= 0.6 is 0 Å². The van der Waals surface area contributed by atoms with Gasteiger partial charge in [-0.15, -0.1) is 0 Å². The van der Waals surface area contributed by atoms with Gasteiger partial charge in [0.05, 0.1) is 23.4 Å². The Labute approximate surface area is 169 Å². The molecule has 3 aromatic heterocycles. The van der Waals surface area contributed by atoms with Crippen LogP contribution in [0.5, 0.6) is 0 Å². The van der Waals surface area contributed by atoms with Gasteiger partial charge in [-0.3, -0.25) is 4.79 Å². The molecule has 3 rings (SSSR count). The molecule has 29 heavy (non-hydrogen) atoms. The van der Waals surface area contributed by atoms with Gasteiger partial charge >= 0.3 is 5.97 Å². The SMILES string of the molecule is CCCC(C)NC(=O)COC(=O)c1cc(-c2ccco2)nc2c1cnn2C(C)C. The molecule has 1 N–H and O–H groups in total. The Hall–Kier alpha value is -3.16. The quantitative estimate of drug-likeness (QED) is 0.581. The average molecular weight is 398 g/mol. The summed E-state index contributed by atoms with van der Waals surface area (Å²) in [6.07, 6.45) is 4.96. The van der Waals surface area contributed by atoms with Crippen LogP contribution in [-0.4, -0.2) is 39.3 Å². The standard InChI is InChI=1S/C21H26N4O4/c1-5-7-14(4)23-19(26)12-29-21(27)15-10-17(18-8-6-9-28-18)24-20-16(15)11-22-25(20)13(2)3/h6,8-11,13-14H,5,7,12H2,1-4H3,(H,23,26). The van der Waals surface area contributed by atoms with Gasteiger partial charge in [-0.1, -0.05) is 13.3 Å². The van der Waals surface area contributed by atoms with Crippen LogP contribution in [0.2, 0.25) is 0 Å². The fraction of sp³-hybridized carbons (Fsp3) is 0.429. The van der Waals surface area contributed by atoms with E-state index in [2.05, 4.69) is 15.4 Å². The summed E-state index contributed by atoms with van der Waals surface area (Å²) in [5.74, 6) is -0.399. The van der Waals surface area contributed by atoms with Gasteiger partial charge in [0, 0.05) is 12.1 Å². The number of rotatable bonds is 8. The summed E-state index contributed by atoms with van der Waals surface area (Å²) in [4.78, 5) is 29.4. The van der Waals surface area contributed by atoms with E-state index in [1.807, 2.05) is 27.7 Å². The summed E-state index contributed by atoms with van der Waals surface area (Å²) < 4.78 is 12.4. The summed E-state index contributed by atoms with van der Waals surface area (Å²) in [7, 11) is 0. The van der Waals surface area contributed by atoms with Gasteiger partial charge in [-0.25, -0.2) is 14.5 Å². The molecule has 0 aromatic carbocycles. The number of nitrogens with one attached hydrogen (secondary N) is 1. The number of carbonyl (C=O) groups is 2. The molecule has 8 nitrogen and oxygen atoms in total. The number of fused-ring (bicyclic) bond motifs is 1. The Morgan fingerprint density at radius 3 is 2.76 bits per heavy atom. The first kappa shape index (κ1) is 20.6. The lowest BCUT2D eigenvalue weighted by atomic mass is 10.1. The lowest BCUT2D eigenvalue weighted by Gasteiger charge is -2.13. The first-order valence-corrected chi connectivity index (χ1v) is 9.79. The lowest BCUT2D eigenvalue weighted by Crippen LogP contribution is -2.35. The van der Waals surface area contributed by atoms with E-state index in [4.69, 9.17) is 9.15 Å². The third-order valence-electron chi connectivity index (χ3n) is 4.51. The monoisotopic (exact) mass is 398 g/mol. The first-order chi connectivity index (χ1) is 13.9. The van der Waals surface area contributed by atoms with Crippen molar-refractivity contribution < 1.29 is 18.7 Å². The second-order valence-electron chi connectivity index (χ2n) is 7.29. The number of pyridine rings is 1. The van der Waals surface area contributed by atoms with Crippen molar-refractivity contribution in [3.63, 3.8) is 0 Å². The molecule has 0 radical (unpaired) electrons. The minimum absolute atomic E-state index is 0.0358. The van der Waals surface area contributed by atoms with E-state index in [1.54, 1.807) is 35.3 Å². The summed E-state index contributed by atoms with van der Waals surface area (Å²) in [5.41, 5.74) is 1.35. The smallest absolute Gasteiger partial charge is 0.339 e. The maximum absolute atomic E-state index is 12.8. The van der Waals surface area contributed by atoms with Crippen LogP contribution in [0, 0.1) is 0 Å². The van der Waals surface area contributed by atoms with Crippen molar-refractivity contribution in [1.29, 1.82) is 0 Å². The Morgan fingerprint density at radius 1 is 1.31 bits per heavy atom. The molecule has 1 amide bonds. The molecule has 0 fully saturated rings. The van der Waals surface area contributed by atoms with Gasteiger partial charge in [-0.2, -0.15) is 5.10 Å². The molecule has 154 valence electrons. The van der Waals surface area contributed by atoms with E-state index in [0.29, 0.717) is 28.1 Å². The molecular formula is C21H26N4O4. The van der Waals surface area contributed by atoms with Crippen molar-refractivity contribution in [3.8, 4) is 11.5 Å². The second-order valence-corrected chi connectivity index (χ2v) is 7.29.